The summed E-state index contributed by atoms with van der Waals surface area (Å²) < 4.78 is 5.01. The largest absolute Gasteiger partial charge is 0.481 e. The molecule has 0 aromatic carbocycles. The van der Waals surface area contributed by atoms with Gasteiger partial charge in [-0.2, -0.15) is 0 Å². The molecule has 0 saturated heterocycles. The number of aromatic nitrogens is 3. The van der Waals surface area contributed by atoms with E-state index < -0.39 is 0 Å². The average Bonchev–Trinajstić information content (AvgIpc) is 2.78. The Morgan fingerprint density at radius 3 is 3.00 bits per heavy atom. The van der Waals surface area contributed by atoms with Crippen molar-refractivity contribution >= 4 is 0 Å². The van der Waals surface area contributed by atoms with Crippen LogP contribution in [0.3, 0.4) is 0 Å². The first-order chi connectivity index (χ1) is 7.33. The van der Waals surface area contributed by atoms with Crippen LogP contribution in [0.4, 0.5) is 0 Å². The lowest BCUT2D eigenvalue weighted by atomic mass is 10.3. The van der Waals surface area contributed by atoms with Crippen molar-refractivity contribution in [3.63, 3.8) is 0 Å². The number of aromatic amines is 1. The van der Waals surface area contributed by atoms with Gasteiger partial charge in [0.2, 0.25) is 5.88 Å². The van der Waals surface area contributed by atoms with Gasteiger partial charge < -0.3 is 14.8 Å². The van der Waals surface area contributed by atoms with Crippen molar-refractivity contribution in [3.8, 4) is 17.4 Å². The zero-order valence-electron chi connectivity index (χ0n) is 8.27. The molecular weight excluding hydrogens is 194 g/mol. The molecule has 5 heteroatoms. The molecule has 2 rings (SSSR count). The molecule has 2 N–H and O–H groups in total. The number of pyridine rings is 1. The topological polar surface area (TPSA) is 71.0 Å². The lowest BCUT2D eigenvalue weighted by Crippen LogP contribution is -1.91. The van der Waals surface area contributed by atoms with E-state index in [9.17, 15) is 0 Å². The van der Waals surface area contributed by atoms with E-state index in [2.05, 4.69) is 15.0 Å². The maximum Gasteiger partial charge on any atom is 0.213 e. The molecule has 2 heterocycles. The van der Waals surface area contributed by atoms with Crippen LogP contribution in [0.25, 0.3) is 11.5 Å². The van der Waals surface area contributed by atoms with Crippen molar-refractivity contribution < 1.29 is 9.84 Å². The first kappa shape index (κ1) is 9.67. The number of aliphatic hydroxyl groups excluding tert-OH is 1. The summed E-state index contributed by atoms with van der Waals surface area (Å²) in [5, 5.41) is 8.88. The van der Waals surface area contributed by atoms with Crippen molar-refractivity contribution in [2.24, 2.45) is 0 Å². The molecule has 0 saturated carbocycles. The zero-order valence-corrected chi connectivity index (χ0v) is 8.27. The Balaban J connectivity index is 2.35. The van der Waals surface area contributed by atoms with Gasteiger partial charge in [0, 0.05) is 6.07 Å². The van der Waals surface area contributed by atoms with Crippen molar-refractivity contribution in [2.75, 3.05) is 7.11 Å². The summed E-state index contributed by atoms with van der Waals surface area (Å²) in [5.74, 6) is 1.16. The molecule has 0 aliphatic carbocycles. The van der Waals surface area contributed by atoms with E-state index >= 15 is 0 Å². The maximum atomic E-state index is 8.88. The molecule has 0 spiro atoms. The third kappa shape index (κ3) is 1.97. The molecule has 5 nitrogen and oxygen atoms in total. The Bertz CT molecular complexity index is 453. The number of imidazole rings is 1. The Hall–Kier alpha value is -1.88. The minimum atomic E-state index is -0.0586. The van der Waals surface area contributed by atoms with Crippen molar-refractivity contribution in [1.29, 1.82) is 0 Å². The van der Waals surface area contributed by atoms with E-state index in [1.165, 1.54) is 0 Å². The van der Waals surface area contributed by atoms with Crippen LogP contribution in [0.1, 0.15) is 5.69 Å². The summed E-state index contributed by atoms with van der Waals surface area (Å²) in [6.07, 6.45) is 1.58. The summed E-state index contributed by atoms with van der Waals surface area (Å²) in [6, 6.07) is 5.42. The highest BCUT2D eigenvalue weighted by molar-refractivity contribution is 5.50. The van der Waals surface area contributed by atoms with Crippen LogP contribution in [0, 0.1) is 0 Å². The first-order valence-electron chi connectivity index (χ1n) is 4.49. The Morgan fingerprint density at radius 2 is 2.33 bits per heavy atom. The fourth-order valence-electron chi connectivity index (χ4n) is 1.23. The molecular formula is C10H11N3O2. The Kier molecular flexibility index (Phi) is 2.64. The summed E-state index contributed by atoms with van der Waals surface area (Å²) in [4.78, 5) is 11.3. The normalized spacial score (nSPS) is 10.3. The molecule has 0 atom stereocenters. The second-order valence-corrected chi connectivity index (χ2v) is 2.98. The van der Waals surface area contributed by atoms with Gasteiger partial charge in [0.05, 0.1) is 25.6 Å². The smallest absolute Gasteiger partial charge is 0.213 e. The molecule has 0 aliphatic rings. The Morgan fingerprint density at radius 1 is 1.47 bits per heavy atom. The van der Waals surface area contributed by atoms with Crippen molar-refractivity contribution in [1.82, 2.24) is 15.0 Å². The van der Waals surface area contributed by atoms with Crippen LogP contribution in [0.15, 0.2) is 24.4 Å². The van der Waals surface area contributed by atoms with Crippen molar-refractivity contribution in [3.05, 3.63) is 30.1 Å². The van der Waals surface area contributed by atoms with Gasteiger partial charge in [-0.25, -0.2) is 9.97 Å². The van der Waals surface area contributed by atoms with Crippen LogP contribution in [-0.4, -0.2) is 27.2 Å². The number of nitrogens with zero attached hydrogens (tertiary/aromatic N) is 2. The maximum absolute atomic E-state index is 8.88. The highest BCUT2D eigenvalue weighted by atomic mass is 16.5. The van der Waals surface area contributed by atoms with Crippen LogP contribution in [0.5, 0.6) is 5.88 Å². The molecule has 0 unspecified atom stereocenters. The van der Waals surface area contributed by atoms with Crippen molar-refractivity contribution in [2.45, 2.75) is 6.61 Å². The average molecular weight is 205 g/mol. The zero-order chi connectivity index (χ0) is 10.7. The quantitative estimate of drug-likeness (QED) is 0.783. The fourth-order valence-corrected chi connectivity index (χ4v) is 1.23. The summed E-state index contributed by atoms with van der Waals surface area (Å²) in [6.45, 7) is -0.0586. The van der Waals surface area contributed by atoms with Crippen LogP contribution in [0.2, 0.25) is 0 Å². The van der Waals surface area contributed by atoms with E-state index in [4.69, 9.17) is 9.84 Å². The third-order valence-electron chi connectivity index (χ3n) is 1.97. The molecule has 0 fully saturated rings. The SMILES string of the molecule is COc1cccc(-c2ncc(CO)[nH]2)n1. The van der Waals surface area contributed by atoms with Gasteiger partial charge in [-0.1, -0.05) is 6.07 Å². The van der Waals surface area contributed by atoms with Gasteiger partial charge >= 0.3 is 0 Å². The molecule has 2 aromatic heterocycles. The molecule has 0 bridgehead atoms. The number of nitrogens with one attached hydrogen (secondary N) is 1. The van der Waals surface area contributed by atoms with E-state index in [0.717, 1.165) is 0 Å². The van der Waals surface area contributed by atoms with Gasteiger partial charge in [0.15, 0.2) is 5.82 Å². The molecule has 0 radical (unpaired) electrons. The third-order valence-corrected chi connectivity index (χ3v) is 1.97. The number of rotatable bonds is 3. The first-order valence-corrected chi connectivity index (χ1v) is 4.49. The van der Waals surface area contributed by atoms with E-state index in [1.807, 2.05) is 12.1 Å². The minimum absolute atomic E-state index is 0.0586. The van der Waals surface area contributed by atoms with Crippen LogP contribution < -0.4 is 4.74 Å². The van der Waals surface area contributed by atoms with Gasteiger partial charge in [-0.05, 0) is 6.07 Å². The highest BCUT2D eigenvalue weighted by Crippen LogP contribution is 2.16. The summed E-state index contributed by atoms with van der Waals surface area (Å²) in [5.41, 5.74) is 1.35. The fraction of sp³-hybridized carbons (Fsp3) is 0.200. The molecule has 0 aliphatic heterocycles. The number of H-pyrrole nitrogens is 1. The van der Waals surface area contributed by atoms with Gasteiger partial charge in [-0.3, -0.25) is 0 Å². The molecule has 15 heavy (non-hydrogen) atoms. The minimum Gasteiger partial charge on any atom is -0.481 e. The molecule has 78 valence electrons. The number of hydrogen-bond acceptors (Lipinski definition) is 4. The molecule has 0 amide bonds. The molecule has 2 aromatic rings. The van der Waals surface area contributed by atoms with Crippen LogP contribution >= 0.6 is 0 Å². The summed E-state index contributed by atoms with van der Waals surface area (Å²) in [7, 11) is 1.56. The highest BCUT2D eigenvalue weighted by Gasteiger charge is 2.05. The standard InChI is InChI=1S/C10H11N3O2/c1-15-9-4-2-3-8(13-9)10-11-5-7(6-14)12-10/h2-5,14H,6H2,1H3,(H,11,12). The number of methoxy groups -OCH3 is 1. The van der Waals surface area contributed by atoms with Gasteiger partial charge in [-0.15, -0.1) is 0 Å². The predicted molar refractivity (Wildman–Crippen MR) is 54.3 cm³/mol. The second kappa shape index (κ2) is 4.10. The van der Waals surface area contributed by atoms with Gasteiger partial charge in [0.1, 0.15) is 5.69 Å². The van der Waals surface area contributed by atoms with E-state index in [1.54, 1.807) is 19.4 Å². The number of ether oxygens (including phenoxy) is 1. The summed E-state index contributed by atoms with van der Waals surface area (Å²) >= 11 is 0. The van der Waals surface area contributed by atoms with Crippen LogP contribution in [-0.2, 0) is 6.61 Å². The predicted octanol–water partition coefficient (Wildman–Crippen LogP) is 0.973. The van der Waals surface area contributed by atoms with E-state index in [-0.39, 0.29) is 6.61 Å². The number of hydrogen-bond donors (Lipinski definition) is 2. The monoisotopic (exact) mass is 205 g/mol. The number of aliphatic hydroxyl groups is 1. The Labute approximate surface area is 86.8 Å². The second-order valence-electron chi connectivity index (χ2n) is 2.98. The van der Waals surface area contributed by atoms with E-state index in [0.29, 0.717) is 23.1 Å². The lowest BCUT2D eigenvalue weighted by molar-refractivity contribution is 0.277. The van der Waals surface area contributed by atoms with Gasteiger partial charge in [0.25, 0.3) is 0 Å². The lowest BCUT2D eigenvalue weighted by Gasteiger charge is -2.00.